The molecule has 0 bridgehead atoms. The molecule has 0 saturated heterocycles. The molecule has 0 saturated carbocycles. The Labute approximate surface area is 119 Å². The maximum absolute atomic E-state index is 11.4. The number of carbonyl (C=O) groups excluding carboxylic acids is 2. The number of aryl methyl sites for hydroxylation is 1. The predicted molar refractivity (Wildman–Crippen MR) is 71.9 cm³/mol. The summed E-state index contributed by atoms with van der Waals surface area (Å²) in [5.74, 6) is -0.889. The van der Waals surface area contributed by atoms with Gasteiger partial charge in [-0.25, -0.2) is 4.79 Å². The van der Waals surface area contributed by atoms with Gasteiger partial charge in [0.05, 0.1) is 24.0 Å². The van der Waals surface area contributed by atoms with Crippen molar-refractivity contribution in [1.82, 2.24) is 0 Å². The van der Waals surface area contributed by atoms with E-state index in [-0.39, 0.29) is 23.0 Å². The Kier molecular flexibility index (Phi) is 6.10. The van der Waals surface area contributed by atoms with Crippen molar-refractivity contribution in [2.24, 2.45) is 0 Å². The van der Waals surface area contributed by atoms with E-state index < -0.39 is 10.9 Å². The molecule has 0 spiro atoms. The molecule has 1 rings (SSSR count). The zero-order chi connectivity index (χ0) is 15.1. The van der Waals surface area contributed by atoms with Gasteiger partial charge in [-0.05, 0) is 19.3 Å². The van der Waals surface area contributed by atoms with Crippen molar-refractivity contribution < 1.29 is 24.0 Å². The molecule has 0 radical (unpaired) electrons. The molecular weight excluding hydrogens is 286 g/mol. The van der Waals surface area contributed by atoms with Crippen LogP contribution in [0.4, 0.5) is 5.69 Å². The normalized spacial score (nSPS) is 10.1. The van der Waals surface area contributed by atoms with Gasteiger partial charge >= 0.3 is 11.9 Å². The Hall–Kier alpha value is -1.96. The summed E-state index contributed by atoms with van der Waals surface area (Å²) in [5.41, 5.74) is -0.0755. The van der Waals surface area contributed by atoms with Crippen LogP contribution in [-0.4, -0.2) is 31.1 Å². The first-order valence-electron chi connectivity index (χ1n) is 5.91. The van der Waals surface area contributed by atoms with Crippen LogP contribution in [0.2, 0.25) is 0 Å². The fourth-order valence-electron chi connectivity index (χ4n) is 1.61. The largest absolute Gasteiger partial charge is 0.469 e. The topological polar surface area (TPSA) is 95.7 Å². The third kappa shape index (κ3) is 4.30. The molecule has 0 aliphatic rings. The molecule has 0 atom stereocenters. The van der Waals surface area contributed by atoms with Crippen LogP contribution in [0.25, 0.3) is 0 Å². The summed E-state index contributed by atoms with van der Waals surface area (Å²) in [6.07, 6.45) is 1.90. The molecule has 0 amide bonds. The van der Waals surface area contributed by atoms with Crippen LogP contribution in [-0.2, 0) is 20.7 Å². The van der Waals surface area contributed by atoms with Crippen LogP contribution >= 0.6 is 11.3 Å². The average Bonchev–Trinajstić information content (AvgIpc) is 2.86. The SMILES string of the molecule is COC(=O)CCCCc1sc(C(=O)OC)cc1[N+](=O)[O-]. The van der Waals surface area contributed by atoms with Gasteiger partial charge in [0, 0.05) is 12.5 Å². The lowest BCUT2D eigenvalue weighted by Crippen LogP contribution is -1.99. The second kappa shape index (κ2) is 7.59. The molecule has 0 N–H and O–H groups in total. The van der Waals surface area contributed by atoms with Crippen LogP contribution < -0.4 is 0 Å². The minimum Gasteiger partial charge on any atom is -0.469 e. The number of thiophene rings is 1. The summed E-state index contributed by atoms with van der Waals surface area (Å²) in [7, 11) is 2.54. The predicted octanol–water partition coefficient (Wildman–Crippen LogP) is 2.33. The lowest BCUT2D eigenvalue weighted by atomic mass is 10.1. The van der Waals surface area contributed by atoms with Crippen LogP contribution in [0.3, 0.4) is 0 Å². The number of methoxy groups -OCH3 is 2. The van der Waals surface area contributed by atoms with Gasteiger partial charge in [0.15, 0.2) is 0 Å². The fourth-order valence-corrected chi connectivity index (χ4v) is 2.70. The minimum absolute atomic E-state index is 0.0755. The highest BCUT2D eigenvalue weighted by Crippen LogP contribution is 2.31. The smallest absolute Gasteiger partial charge is 0.348 e. The molecule has 20 heavy (non-hydrogen) atoms. The quantitative estimate of drug-likeness (QED) is 0.332. The van der Waals surface area contributed by atoms with Gasteiger partial charge < -0.3 is 9.47 Å². The lowest BCUT2D eigenvalue weighted by Gasteiger charge is -1.99. The van der Waals surface area contributed by atoms with E-state index >= 15 is 0 Å². The van der Waals surface area contributed by atoms with Crippen molar-refractivity contribution >= 4 is 29.0 Å². The second-order valence-electron chi connectivity index (χ2n) is 3.95. The Morgan fingerprint density at radius 1 is 1.30 bits per heavy atom. The molecule has 8 heteroatoms. The van der Waals surface area contributed by atoms with Gasteiger partial charge in [0.1, 0.15) is 4.88 Å². The molecule has 7 nitrogen and oxygen atoms in total. The second-order valence-corrected chi connectivity index (χ2v) is 5.09. The van der Waals surface area contributed by atoms with Crippen LogP contribution in [0.15, 0.2) is 6.07 Å². The van der Waals surface area contributed by atoms with E-state index in [0.717, 1.165) is 11.3 Å². The van der Waals surface area contributed by atoms with Crippen molar-refractivity contribution in [3.63, 3.8) is 0 Å². The third-order valence-electron chi connectivity index (χ3n) is 2.63. The Morgan fingerprint density at radius 3 is 2.55 bits per heavy atom. The van der Waals surface area contributed by atoms with Gasteiger partial charge in [0.25, 0.3) is 5.69 Å². The van der Waals surface area contributed by atoms with E-state index in [1.165, 1.54) is 20.3 Å². The molecular formula is C12H15NO6S. The number of hydrogen-bond acceptors (Lipinski definition) is 7. The Bertz CT molecular complexity index is 510. The fraction of sp³-hybridized carbons (Fsp3) is 0.500. The summed E-state index contributed by atoms with van der Waals surface area (Å²) in [4.78, 5) is 33.4. The number of unbranched alkanes of at least 4 members (excludes halogenated alkanes) is 1. The van der Waals surface area contributed by atoms with Crippen molar-refractivity contribution in [1.29, 1.82) is 0 Å². The zero-order valence-electron chi connectivity index (χ0n) is 11.2. The Morgan fingerprint density at radius 2 is 2.00 bits per heavy atom. The summed E-state index contributed by atoms with van der Waals surface area (Å²) < 4.78 is 9.05. The number of nitrogens with zero attached hydrogens (tertiary/aromatic N) is 1. The van der Waals surface area contributed by atoms with Gasteiger partial charge in [-0.1, -0.05) is 0 Å². The highest BCUT2D eigenvalue weighted by atomic mass is 32.1. The standard InChI is InChI=1S/C12H15NO6S/c1-18-11(14)6-4-3-5-9-8(13(16)17)7-10(20-9)12(15)19-2/h7H,3-6H2,1-2H3. The highest BCUT2D eigenvalue weighted by molar-refractivity contribution is 7.14. The van der Waals surface area contributed by atoms with E-state index in [1.54, 1.807) is 0 Å². The summed E-state index contributed by atoms with van der Waals surface area (Å²) in [5, 5.41) is 10.9. The van der Waals surface area contributed by atoms with Gasteiger partial charge in [-0.2, -0.15) is 0 Å². The van der Waals surface area contributed by atoms with Gasteiger partial charge in [0.2, 0.25) is 0 Å². The maximum Gasteiger partial charge on any atom is 0.348 e. The molecule has 1 aromatic rings. The lowest BCUT2D eigenvalue weighted by molar-refractivity contribution is -0.385. The van der Waals surface area contributed by atoms with Crippen LogP contribution in [0.5, 0.6) is 0 Å². The van der Waals surface area contributed by atoms with Crippen molar-refractivity contribution in [3.8, 4) is 0 Å². The number of esters is 2. The van der Waals surface area contributed by atoms with E-state index in [0.29, 0.717) is 24.1 Å². The summed E-state index contributed by atoms with van der Waals surface area (Å²) in [6, 6.07) is 1.23. The Balaban J connectivity index is 2.68. The third-order valence-corrected chi connectivity index (χ3v) is 3.80. The minimum atomic E-state index is -0.584. The van der Waals surface area contributed by atoms with E-state index in [9.17, 15) is 19.7 Å². The molecule has 0 aliphatic heterocycles. The monoisotopic (exact) mass is 301 g/mol. The van der Waals surface area contributed by atoms with E-state index in [1.807, 2.05) is 0 Å². The number of carbonyl (C=O) groups is 2. The zero-order valence-corrected chi connectivity index (χ0v) is 12.0. The molecule has 1 aromatic heterocycles. The molecule has 0 unspecified atom stereocenters. The first-order chi connectivity index (χ1) is 9.49. The van der Waals surface area contributed by atoms with Gasteiger partial charge in [-0.3, -0.25) is 14.9 Å². The first kappa shape index (κ1) is 16.1. The summed E-state index contributed by atoms with van der Waals surface area (Å²) >= 11 is 1.05. The molecule has 1 heterocycles. The van der Waals surface area contributed by atoms with Crippen molar-refractivity contribution in [2.75, 3.05) is 14.2 Å². The molecule has 0 aliphatic carbocycles. The number of rotatable bonds is 7. The van der Waals surface area contributed by atoms with E-state index in [4.69, 9.17) is 0 Å². The number of hydrogen-bond donors (Lipinski definition) is 0. The van der Waals surface area contributed by atoms with Crippen LogP contribution in [0, 0.1) is 10.1 Å². The molecule has 0 aromatic carbocycles. The number of ether oxygens (including phenoxy) is 2. The van der Waals surface area contributed by atoms with Crippen molar-refractivity contribution in [2.45, 2.75) is 25.7 Å². The summed E-state index contributed by atoms with van der Waals surface area (Å²) in [6.45, 7) is 0. The first-order valence-corrected chi connectivity index (χ1v) is 6.73. The highest BCUT2D eigenvalue weighted by Gasteiger charge is 2.22. The van der Waals surface area contributed by atoms with Gasteiger partial charge in [-0.15, -0.1) is 11.3 Å². The number of nitro groups is 1. The van der Waals surface area contributed by atoms with Crippen LogP contribution in [0.1, 0.15) is 33.8 Å². The maximum atomic E-state index is 11.4. The molecule has 0 fully saturated rings. The van der Waals surface area contributed by atoms with Crippen molar-refractivity contribution in [3.05, 3.63) is 25.9 Å². The molecule has 110 valence electrons. The average molecular weight is 301 g/mol. The van der Waals surface area contributed by atoms with E-state index in [2.05, 4.69) is 9.47 Å².